The molecule has 1 N–H and O–H groups in total. The van der Waals surface area contributed by atoms with Crippen molar-refractivity contribution in [3.8, 4) is 5.88 Å². The van der Waals surface area contributed by atoms with Crippen molar-refractivity contribution in [2.75, 3.05) is 12.4 Å². The van der Waals surface area contributed by atoms with E-state index < -0.39 is 16.6 Å². The Kier molecular flexibility index (Phi) is 5.54. The summed E-state index contributed by atoms with van der Waals surface area (Å²) in [5, 5.41) is 21.7. The zero-order valence-corrected chi connectivity index (χ0v) is 15.3. The third-order valence-corrected chi connectivity index (χ3v) is 4.01. The predicted molar refractivity (Wildman–Crippen MR) is 96.8 cm³/mol. The van der Waals surface area contributed by atoms with Crippen LogP contribution in [0.4, 0.5) is 15.9 Å². The Balaban J connectivity index is 1.63. The number of nitro groups is 1. The van der Waals surface area contributed by atoms with Gasteiger partial charge in [-0.2, -0.15) is 5.10 Å². The smallest absolute Gasteiger partial charge is 0.350 e. The molecule has 0 saturated carbocycles. The normalized spacial score (nSPS) is 10.7. The number of nitrogens with zero attached hydrogens (tertiary/aromatic N) is 5. The average molecular weight is 409 g/mol. The zero-order chi connectivity index (χ0) is 20.3. The molecule has 3 aromatic rings. The SMILES string of the molecule is COc1nn(CC(=O)Nc2ccn(Cc3ccc(F)cc3Cl)n2)cc1[N+](=O)[O-]. The van der Waals surface area contributed by atoms with Crippen molar-refractivity contribution in [1.82, 2.24) is 19.6 Å². The fraction of sp³-hybridized carbons (Fsp3) is 0.188. The van der Waals surface area contributed by atoms with E-state index in [1.807, 2.05) is 0 Å². The van der Waals surface area contributed by atoms with E-state index in [1.54, 1.807) is 18.3 Å². The maximum atomic E-state index is 13.1. The summed E-state index contributed by atoms with van der Waals surface area (Å²) in [6.45, 7) is 0.0262. The number of hydrogen-bond donors (Lipinski definition) is 1. The molecule has 0 saturated heterocycles. The number of hydrogen-bond acceptors (Lipinski definition) is 6. The quantitative estimate of drug-likeness (QED) is 0.474. The maximum absolute atomic E-state index is 13.1. The van der Waals surface area contributed by atoms with Gasteiger partial charge in [-0.05, 0) is 17.7 Å². The molecule has 2 heterocycles. The van der Waals surface area contributed by atoms with Crippen LogP contribution in [-0.4, -0.2) is 37.5 Å². The van der Waals surface area contributed by atoms with Crippen LogP contribution in [0.1, 0.15) is 5.56 Å². The highest BCUT2D eigenvalue weighted by Gasteiger charge is 2.21. The van der Waals surface area contributed by atoms with E-state index in [2.05, 4.69) is 15.5 Å². The van der Waals surface area contributed by atoms with Crippen molar-refractivity contribution in [3.63, 3.8) is 0 Å². The topological polar surface area (TPSA) is 117 Å². The van der Waals surface area contributed by atoms with E-state index in [9.17, 15) is 19.3 Å². The molecular formula is C16H14ClFN6O4. The Morgan fingerprint density at radius 3 is 2.79 bits per heavy atom. The first kappa shape index (κ1) is 19.3. The number of carbonyl (C=O) groups excluding carboxylic acids is 1. The molecule has 2 aromatic heterocycles. The summed E-state index contributed by atoms with van der Waals surface area (Å²) in [7, 11) is 1.25. The summed E-state index contributed by atoms with van der Waals surface area (Å²) in [4.78, 5) is 22.4. The number of benzene rings is 1. The van der Waals surface area contributed by atoms with E-state index in [0.717, 1.165) is 10.9 Å². The Morgan fingerprint density at radius 2 is 2.14 bits per heavy atom. The molecule has 0 radical (unpaired) electrons. The molecule has 1 aromatic carbocycles. The number of rotatable bonds is 7. The number of carbonyl (C=O) groups is 1. The van der Waals surface area contributed by atoms with E-state index >= 15 is 0 Å². The number of nitrogens with one attached hydrogen (secondary N) is 1. The number of amides is 1. The lowest BCUT2D eigenvalue weighted by molar-refractivity contribution is -0.385. The minimum atomic E-state index is -0.650. The molecule has 0 aliphatic rings. The highest BCUT2D eigenvalue weighted by atomic mass is 35.5. The number of methoxy groups -OCH3 is 1. The summed E-state index contributed by atoms with van der Waals surface area (Å²) in [6, 6.07) is 5.63. The van der Waals surface area contributed by atoms with Gasteiger partial charge in [0.25, 0.3) is 0 Å². The molecule has 146 valence electrons. The Bertz CT molecular complexity index is 1030. The lowest BCUT2D eigenvalue weighted by Crippen LogP contribution is -2.19. The Hall–Kier alpha value is -3.47. The second-order valence-electron chi connectivity index (χ2n) is 5.66. The van der Waals surface area contributed by atoms with Crippen LogP contribution in [0.5, 0.6) is 5.88 Å². The molecule has 0 spiro atoms. The lowest BCUT2D eigenvalue weighted by atomic mass is 10.2. The average Bonchev–Trinajstić information content (AvgIpc) is 3.24. The molecule has 10 nitrogen and oxygen atoms in total. The fourth-order valence-electron chi connectivity index (χ4n) is 2.42. The van der Waals surface area contributed by atoms with Crippen LogP contribution in [0, 0.1) is 15.9 Å². The first-order valence-electron chi connectivity index (χ1n) is 7.89. The fourth-order valence-corrected chi connectivity index (χ4v) is 2.64. The highest BCUT2D eigenvalue weighted by molar-refractivity contribution is 6.31. The lowest BCUT2D eigenvalue weighted by Gasteiger charge is -2.05. The van der Waals surface area contributed by atoms with Gasteiger partial charge in [0.2, 0.25) is 5.91 Å². The summed E-state index contributed by atoms with van der Waals surface area (Å²) in [6.07, 6.45) is 2.73. The van der Waals surface area contributed by atoms with Crippen LogP contribution in [-0.2, 0) is 17.9 Å². The van der Waals surface area contributed by atoms with Gasteiger partial charge in [-0.3, -0.25) is 24.3 Å². The second-order valence-corrected chi connectivity index (χ2v) is 6.07. The van der Waals surface area contributed by atoms with Crippen molar-refractivity contribution in [1.29, 1.82) is 0 Å². The zero-order valence-electron chi connectivity index (χ0n) is 14.5. The van der Waals surface area contributed by atoms with Gasteiger partial charge in [-0.15, -0.1) is 5.10 Å². The molecule has 3 rings (SSSR count). The van der Waals surface area contributed by atoms with Gasteiger partial charge in [0, 0.05) is 17.3 Å². The van der Waals surface area contributed by atoms with Crippen molar-refractivity contribution in [2.45, 2.75) is 13.1 Å². The number of anilines is 1. The largest absolute Gasteiger partial charge is 0.475 e. The van der Waals surface area contributed by atoms with Gasteiger partial charge in [0.1, 0.15) is 18.6 Å². The van der Waals surface area contributed by atoms with Gasteiger partial charge in [-0.25, -0.2) is 4.39 Å². The third-order valence-electron chi connectivity index (χ3n) is 3.66. The predicted octanol–water partition coefficient (Wildman–Crippen LogP) is 2.48. The monoisotopic (exact) mass is 408 g/mol. The molecule has 0 aliphatic heterocycles. The molecule has 28 heavy (non-hydrogen) atoms. The number of ether oxygens (including phenoxy) is 1. The molecule has 0 atom stereocenters. The minimum Gasteiger partial charge on any atom is -0.475 e. The van der Waals surface area contributed by atoms with Gasteiger partial charge < -0.3 is 10.1 Å². The Morgan fingerprint density at radius 1 is 1.36 bits per heavy atom. The van der Waals surface area contributed by atoms with Crippen LogP contribution in [0.3, 0.4) is 0 Å². The summed E-state index contributed by atoms with van der Waals surface area (Å²) >= 11 is 5.99. The van der Waals surface area contributed by atoms with Gasteiger partial charge in [-0.1, -0.05) is 17.7 Å². The number of aromatic nitrogens is 4. The highest BCUT2D eigenvalue weighted by Crippen LogP contribution is 2.24. The maximum Gasteiger partial charge on any atom is 0.350 e. The molecule has 0 unspecified atom stereocenters. The second kappa shape index (κ2) is 8.05. The van der Waals surface area contributed by atoms with Crippen LogP contribution in [0.2, 0.25) is 5.02 Å². The van der Waals surface area contributed by atoms with E-state index in [-0.39, 0.29) is 35.5 Å². The van der Waals surface area contributed by atoms with Crippen molar-refractivity contribution < 1.29 is 18.8 Å². The van der Waals surface area contributed by atoms with Crippen LogP contribution < -0.4 is 10.1 Å². The third kappa shape index (κ3) is 4.43. The molecule has 0 bridgehead atoms. The van der Waals surface area contributed by atoms with Crippen molar-refractivity contribution in [3.05, 3.63) is 63.2 Å². The summed E-state index contributed by atoms with van der Waals surface area (Å²) < 4.78 is 20.5. The Labute approximate surface area is 162 Å². The first-order chi connectivity index (χ1) is 13.4. The molecule has 1 amide bonds. The van der Waals surface area contributed by atoms with Crippen molar-refractivity contribution in [2.24, 2.45) is 0 Å². The van der Waals surface area contributed by atoms with Crippen LogP contribution >= 0.6 is 11.6 Å². The van der Waals surface area contributed by atoms with Crippen molar-refractivity contribution >= 4 is 29.0 Å². The van der Waals surface area contributed by atoms with Gasteiger partial charge in [0.15, 0.2) is 5.82 Å². The molecular weight excluding hydrogens is 395 g/mol. The molecule has 12 heteroatoms. The van der Waals surface area contributed by atoms with E-state index in [1.165, 1.54) is 23.9 Å². The minimum absolute atomic E-state index is 0.182. The molecule has 0 fully saturated rings. The summed E-state index contributed by atoms with van der Waals surface area (Å²) in [5.41, 5.74) is 0.329. The summed E-state index contributed by atoms with van der Waals surface area (Å²) in [5.74, 6) is -0.821. The van der Waals surface area contributed by atoms with Gasteiger partial charge in [0.05, 0.1) is 18.6 Å². The van der Waals surface area contributed by atoms with Gasteiger partial charge >= 0.3 is 11.6 Å². The van der Waals surface area contributed by atoms with E-state index in [4.69, 9.17) is 16.3 Å². The standard InChI is InChI=1S/C16H14ClFN6O4/c1-28-16-13(24(26)27)8-23(21-16)9-15(25)19-14-4-5-22(20-14)7-10-2-3-11(18)6-12(10)17/h2-6,8H,7,9H2,1H3,(H,19,20,25). The molecule has 0 aliphatic carbocycles. The number of halogens is 2. The van der Waals surface area contributed by atoms with Crippen LogP contribution in [0.15, 0.2) is 36.7 Å². The van der Waals surface area contributed by atoms with E-state index in [0.29, 0.717) is 5.56 Å². The van der Waals surface area contributed by atoms with Crippen LogP contribution in [0.25, 0.3) is 0 Å². The first-order valence-corrected chi connectivity index (χ1v) is 8.26.